The van der Waals surface area contributed by atoms with Crippen LogP contribution in [0.4, 0.5) is 0 Å². The average molecular weight is 711 g/mol. The Bertz CT molecular complexity index is 2920. The van der Waals surface area contributed by atoms with Gasteiger partial charge < -0.3 is 4.42 Å². The van der Waals surface area contributed by atoms with E-state index in [0.29, 0.717) is 0 Å². The van der Waals surface area contributed by atoms with E-state index in [0.717, 1.165) is 30.4 Å². The molecule has 8 aromatic rings. The van der Waals surface area contributed by atoms with Gasteiger partial charge in [0.25, 0.3) is 0 Å². The van der Waals surface area contributed by atoms with Crippen molar-refractivity contribution in [1.82, 2.24) is 0 Å². The predicted molar refractivity (Wildman–Crippen MR) is 234 cm³/mol. The third kappa shape index (κ3) is 5.75. The summed E-state index contributed by atoms with van der Waals surface area (Å²) in [4.78, 5) is 2.73. The minimum Gasteiger partial charge on any atom is -0.456 e. The SMILES string of the molecule is C/C(=C\C=C1/Cc2ccc3cc4oc5ccccc5c4cc3c2S1)c1c2ccccc2c(C2=C/C=C(/c3ccccc3)C/C=C\C=C/C2)c2ccccc12. The van der Waals surface area contributed by atoms with Gasteiger partial charge in [0.1, 0.15) is 11.2 Å². The Hall–Kier alpha value is -6.09. The highest BCUT2D eigenvalue weighted by molar-refractivity contribution is 8.03. The number of para-hydroxylation sites is 1. The summed E-state index contributed by atoms with van der Waals surface area (Å²) < 4.78 is 6.21. The van der Waals surface area contributed by atoms with Gasteiger partial charge in [0.2, 0.25) is 0 Å². The van der Waals surface area contributed by atoms with Gasteiger partial charge in [-0.2, -0.15) is 0 Å². The summed E-state index contributed by atoms with van der Waals surface area (Å²) in [5.74, 6) is 0. The van der Waals surface area contributed by atoms with Crippen LogP contribution in [-0.4, -0.2) is 0 Å². The monoisotopic (exact) mass is 710 g/mol. The number of benzene rings is 7. The predicted octanol–water partition coefficient (Wildman–Crippen LogP) is 15.1. The van der Waals surface area contributed by atoms with Gasteiger partial charge in [-0.1, -0.05) is 170 Å². The van der Waals surface area contributed by atoms with Crippen LogP contribution < -0.4 is 0 Å². The molecule has 0 radical (unpaired) electrons. The van der Waals surface area contributed by atoms with Crippen molar-refractivity contribution in [2.75, 3.05) is 0 Å². The Labute approximate surface area is 320 Å². The Morgan fingerprint density at radius 1 is 0.593 bits per heavy atom. The van der Waals surface area contributed by atoms with Crippen LogP contribution >= 0.6 is 11.8 Å². The van der Waals surface area contributed by atoms with Crippen molar-refractivity contribution >= 4 is 82.7 Å². The molecule has 0 spiro atoms. The number of allylic oxidation sites excluding steroid dienone is 12. The van der Waals surface area contributed by atoms with E-state index in [2.05, 4.69) is 177 Å². The first-order valence-electron chi connectivity index (χ1n) is 18.8. The molecule has 54 heavy (non-hydrogen) atoms. The van der Waals surface area contributed by atoms with Crippen LogP contribution in [0.2, 0.25) is 0 Å². The highest BCUT2D eigenvalue weighted by Gasteiger charge is 2.21. The molecule has 0 unspecified atom stereocenters. The molecule has 0 amide bonds. The van der Waals surface area contributed by atoms with Crippen LogP contribution in [0.5, 0.6) is 0 Å². The highest BCUT2D eigenvalue weighted by atomic mass is 32.2. The van der Waals surface area contributed by atoms with E-state index < -0.39 is 0 Å². The molecule has 1 nitrogen and oxygen atoms in total. The van der Waals surface area contributed by atoms with Gasteiger partial charge in [-0.3, -0.25) is 0 Å². The molecule has 2 aliphatic rings. The summed E-state index contributed by atoms with van der Waals surface area (Å²) in [7, 11) is 0. The molecule has 2 heterocycles. The lowest BCUT2D eigenvalue weighted by molar-refractivity contribution is 0.669. The Balaban J connectivity index is 1.06. The van der Waals surface area contributed by atoms with E-state index in [9.17, 15) is 0 Å². The fourth-order valence-electron chi connectivity index (χ4n) is 8.40. The quantitative estimate of drug-likeness (QED) is 0.169. The molecular formula is C52H38OS. The second kappa shape index (κ2) is 13.7. The summed E-state index contributed by atoms with van der Waals surface area (Å²) in [6.07, 6.45) is 21.0. The zero-order valence-electron chi connectivity index (χ0n) is 30.2. The number of rotatable bonds is 4. The zero-order chi connectivity index (χ0) is 36.0. The first-order chi connectivity index (χ1) is 26.7. The fourth-order valence-corrected chi connectivity index (χ4v) is 9.59. The van der Waals surface area contributed by atoms with Crippen molar-refractivity contribution in [2.24, 2.45) is 0 Å². The van der Waals surface area contributed by atoms with Crippen LogP contribution in [0, 0.1) is 0 Å². The van der Waals surface area contributed by atoms with Gasteiger partial charge >= 0.3 is 0 Å². The van der Waals surface area contributed by atoms with Gasteiger partial charge in [0.15, 0.2) is 0 Å². The maximum atomic E-state index is 6.21. The minimum atomic E-state index is 0.853. The molecule has 1 aromatic heterocycles. The summed E-state index contributed by atoms with van der Waals surface area (Å²) in [5.41, 5.74) is 11.1. The second-order valence-corrected chi connectivity index (χ2v) is 15.5. The molecule has 0 N–H and O–H groups in total. The van der Waals surface area contributed by atoms with Crippen molar-refractivity contribution in [3.63, 3.8) is 0 Å². The minimum absolute atomic E-state index is 0.853. The second-order valence-electron chi connectivity index (χ2n) is 14.3. The molecule has 7 aromatic carbocycles. The Morgan fingerprint density at radius 3 is 2.00 bits per heavy atom. The number of fused-ring (bicyclic) bond motifs is 8. The summed E-state index contributed by atoms with van der Waals surface area (Å²) in [6.45, 7) is 2.28. The third-order valence-corrected chi connectivity index (χ3v) is 12.2. The van der Waals surface area contributed by atoms with E-state index in [-0.39, 0.29) is 0 Å². The smallest absolute Gasteiger partial charge is 0.136 e. The number of furan rings is 1. The number of hydrogen-bond acceptors (Lipinski definition) is 2. The highest BCUT2D eigenvalue weighted by Crippen LogP contribution is 2.46. The lowest BCUT2D eigenvalue weighted by atomic mass is 9.84. The maximum Gasteiger partial charge on any atom is 0.136 e. The Kier molecular flexibility index (Phi) is 8.27. The molecule has 258 valence electrons. The summed E-state index contributed by atoms with van der Waals surface area (Å²) in [6, 6.07) is 46.2. The molecule has 0 saturated heterocycles. The molecular weight excluding hydrogens is 673 g/mol. The lowest BCUT2D eigenvalue weighted by Gasteiger charge is -2.19. The van der Waals surface area contributed by atoms with Crippen LogP contribution in [0.15, 0.2) is 190 Å². The first kappa shape index (κ1) is 32.6. The van der Waals surface area contributed by atoms with Crippen molar-refractivity contribution in [2.45, 2.75) is 31.1 Å². The molecule has 0 fully saturated rings. The lowest BCUT2D eigenvalue weighted by Crippen LogP contribution is -1.95. The first-order valence-corrected chi connectivity index (χ1v) is 19.6. The zero-order valence-corrected chi connectivity index (χ0v) is 31.0. The standard InChI is InChI=1S/C52H38OS/c1-34(25-30-40-31-39-29-28-38-32-49-47(33-46(38)52(39)54-40)41-19-13-14-24-48(41)53-49)50-42-20-9-11-22-44(42)51(45-23-12-10-21-43(45)50)37-18-6-3-2-5-17-36(26-27-37)35-15-7-4-8-16-35/h2-16,19-30,32-33H,17-18,31H2,1H3/b5-2-,6-3-,34-25+,36-26+,37-27?,40-30+. The van der Waals surface area contributed by atoms with E-state index in [1.54, 1.807) is 0 Å². The fraction of sp³-hybridized carbons (Fsp3) is 0.0769. The van der Waals surface area contributed by atoms with Gasteiger partial charge in [0.05, 0.1) is 0 Å². The molecule has 0 saturated carbocycles. The van der Waals surface area contributed by atoms with E-state index in [1.165, 1.54) is 91.9 Å². The Morgan fingerprint density at radius 2 is 1.24 bits per heavy atom. The van der Waals surface area contributed by atoms with Gasteiger partial charge in [-0.05, 0) is 114 Å². The molecule has 2 heteroatoms. The normalized spacial score (nSPS) is 17.9. The van der Waals surface area contributed by atoms with Crippen molar-refractivity contribution in [1.29, 1.82) is 0 Å². The molecule has 1 aliphatic heterocycles. The summed E-state index contributed by atoms with van der Waals surface area (Å²) in [5, 5.41) is 10.1. The topological polar surface area (TPSA) is 13.1 Å². The van der Waals surface area contributed by atoms with Crippen molar-refractivity contribution < 1.29 is 4.42 Å². The number of hydrogen-bond donors (Lipinski definition) is 0. The van der Waals surface area contributed by atoms with Gasteiger partial charge in [-0.15, -0.1) is 0 Å². The van der Waals surface area contributed by atoms with Crippen LogP contribution in [0.3, 0.4) is 0 Å². The maximum absolute atomic E-state index is 6.21. The molecule has 0 bridgehead atoms. The average Bonchev–Trinajstić information content (AvgIpc) is 3.81. The summed E-state index contributed by atoms with van der Waals surface area (Å²) >= 11 is 1.91. The van der Waals surface area contributed by atoms with Crippen LogP contribution in [0.1, 0.15) is 42.0 Å². The molecule has 1 aliphatic carbocycles. The largest absolute Gasteiger partial charge is 0.456 e. The van der Waals surface area contributed by atoms with E-state index in [1.807, 2.05) is 17.8 Å². The molecule has 10 rings (SSSR count). The van der Waals surface area contributed by atoms with Gasteiger partial charge in [0, 0.05) is 22.1 Å². The van der Waals surface area contributed by atoms with Gasteiger partial charge in [-0.25, -0.2) is 0 Å². The van der Waals surface area contributed by atoms with Crippen LogP contribution in [-0.2, 0) is 6.42 Å². The third-order valence-electron chi connectivity index (χ3n) is 11.0. The van der Waals surface area contributed by atoms with E-state index >= 15 is 0 Å². The van der Waals surface area contributed by atoms with Crippen LogP contribution in [0.25, 0.3) is 71.0 Å². The van der Waals surface area contributed by atoms with Crippen molar-refractivity contribution in [3.8, 4) is 0 Å². The molecule has 0 atom stereocenters. The van der Waals surface area contributed by atoms with E-state index in [4.69, 9.17) is 4.42 Å². The number of thioether (sulfide) groups is 1. The van der Waals surface area contributed by atoms with Crippen molar-refractivity contribution in [3.05, 3.63) is 203 Å².